The molecule has 149 valence electrons. The van der Waals surface area contributed by atoms with Gasteiger partial charge in [0.05, 0.1) is 6.42 Å². The molecule has 26 heavy (non-hydrogen) atoms. The number of hydroxylamine groups is 2. The molecule has 0 N–H and O–H groups in total. The van der Waals surface area contributed by atoms with Gasteiger partial charge in [-0.2, -0.15) is 0 Å². The zero-order valence-corrected chi connectivity index (χ0v) is 17.0. The number of ether oxygens (including phenoxy) is 2. The van der Waals surface area contributed by atoms with Crippen LogP contribution >= 0.6 is 0 Å². The van der Waals surface area contributed by atoms with E-state index in [0.29, 0.717) is 12.1 Å². The Balaban J connectivity index is 2.37. The Kier molecular flexibility index (Phi) is 7.80. The van der Waals surface area contributed by atoms with Crippen molar-refractivity contribution in [3.8, 4) is 0 Å². The lowest BCUT2D eigenvalue weighted by molar-refractivity contribution is -0.294. The minimum absolute atomic E-state index is 0.0254. The molecular weight excluding hydrogens is 336 g/mol. The minimum atomic E-state index is -0.490. The van der Waals surface area contributed by atoms with E-state index in [9.17, 15) is 14.8 Å². The second kappa shape index (κ2) is 8.97. The molecule has 1 heterocycles. The lowest BCUT2D eigenvalue weighted by Gasteiger charge is -2.51. The van der Waals surface area contributed by atoms with E-state index < -0.39 is 17.0 Å². The highest BCUT2D eigenvalue weighted by molar-refractivity contribution is 5.86. The summed E-state index contributed by atoms with van der Waals surface area (Å²) in [6.07, 6.45) is 1.76. The maximum Gasteiger partial charge on any atom is 0.333 e. The van der Waals surface area contributed by atoms with Crippen LogP contribution in [-0.4, -0.2) is 65.8 Å². The first kappa shape index (κ1) is 22.6. The normalized spacial score (nSPS) is 20.0. The summed E-state index contributed by atoms with van der Waals surface area (Å²) in [7, 11) is 1.97. The van der Waals surface area contributed by atoms with Crippen molar-refractivity contribution in [2.24, 2.45) is 0 Å². The molecule has 1 fully saturated rings. The third-order valence-corrected chi connectivity index (χ3v) is 4.79. The van der Waals surface area contributed by atoms with E-state index in [1.54, 1.807) is 6.92 Å². The summed E-state index contributed by atoms with van der Waals surface area (Å²) < 4.78 is 9.95. The fourth-order valence-corrected chi connectivity index (χ4v) is 3.46. The summed E-state index contributed by atoms with van der Waals surface area (Å²) in [5.41, 5.74) is -0.559. The Morgan fingerprint density at radius 1 is 1.12 bits per heavy atom. The Labute approximate surface area is 156 Å². The van der Waals surface area contributed by atoms with E-state index in [-0.39, 0.29) is 31.6 Å². The smallest absolute Gasteiger partial charge is 0.333 e. The van der Waals surface area contributed by atoms with E-state index >= 15 is 0 Å². The van der Waals surface area contributed by atoms with Crippen molar-refractivity contribution in [3.63, 3.8) is 0 Å². The van der Waals surface area contributed by atoms with Gasteiger partial charge in [-0.15, -0.1) is 10.3 Å². The highest BCUT2D eigenvalue weighted by atomic mass is 16.6. The molecule has 0 amide bonds. The monoisotopic (exact) mass is 369 g/mol. The number of rotatable bonds is 8. The largest absolute Gasteiger partial charge is 0.462 e. The van der Waals surface area contributed by atoms with Crippen LogP contribution in [0.1, 0.15) is 53.9 Å². The standard InChI is InChI=1S/C19H33N2O5/c1-14(2)17(23)26-11-10-25-16(22)8-9-20(7)15-12-18(3,4)21(24)19(5,6)13-15/h15H,1,8-13H2,2-7H3. The molecule has 0 saturated carbocycles. The predicted octanol–water partition coefficient (Wildman–Crippen LogP) is 2.34. The van der Waals surface area contributed by atoms with Gasteiger partial charge in [-0.05, 0) is 54.5 Å². The number of piperidine rings is 1. The SMILES string of the molecule is C=C(C)C(=O)OCCOC(=O)CCN(C)C1CC(C)(C)N([O])C(C)(C)C1. The van der Waals surface area contributed by atoms with E-state index in [0.717, 1.165) is 12.8 Å². The molecule has 1 aliphatic heterocycles. The second-order valence-corrected chi connectivity index (χ2v) is 8.35. The van der Waals surface area contributed by atoms with Gasteiger partial charge in [0.2, 0.25) is 0 Å². The molecule has 0 bridgehead atoms. The average molecular weight is 369 g/mol. The van der Waals surface area contributed by atoms with Crippen molar-refractivity contribution in [2.75, 3.05) is 26.8 Å². The first-order valence-corrected chi connectivity index (χ1v) is 9.03. The quantitative estimate of drug-likeness (QED) is 0.371. The molecule has 1 aliphatic rings. The number of esters is 2. The molecule has 7 heteroatoms. The van der Waals surface area contributed by atoms with Crippen molar-refractivity contribution >= 4 is 11.9 Å². The van der Waals surface area contributed by atoms with Gasteiger partial charge >= 0.3 is 11.9 Å². The number of hydrogen-bond acceptors (Lipinski definition) is 6. The van der Waals surface area contributed by atoms with Gasteiger partial charge in [0.1, 0.15) is 13.2 Å². The molecular formula is C19H33N2O5. The third kappa shape index (κ3) is 6.37. The zero-order chi connectivity index (χ0) is 20.1. The van der Waals surface area contributed by atoms with E-state index in [4.69, 9.17) is 9.47 Å². The molecule has 0 aromatic heterocycles. The van der Waals surface area contributed by atoms with Crippen LogP contribution in [0.2, 0.25) is 0 Å². The van der Waals surface area contributed by atoms with Crippen molar-refractivity contribution in [1.29, 1.82) is 0 Å². The van der Waals surface area contributed by atoms with Gasteiger partial charge in [-0.1, -0.05) is 6.58 Å². The maximum atomic E-state index is 12.4. The topological polar surface area (TPSA) is 79.0 Å². The van der Waals surface area contributed by atoms with E-state index in [1.807, 2.05) is 34.7 Å². The van der Waals surface area contributed by atoms with Crippen LogP contribution in [0.25, 0.3) is 0 Å². The van der Waals surface area contributed by atoms with Gasteiger partial charge in [0.25, 0.3) is 0 Å². The van der Waals surface area contributed by atoms with Crippen LogP contribution in [0.4, 0.5) is 0 Å². The van der Waals surface area contributed by atoms with Crippen LogP contribution in [0.5, 0.6) is 0 Å². The van der Waals surface area contributed by atoms with Gasteiger partial charge in [-0.25, -0.2) is 4.79 Å². The molecule has 1 radical (unpaired) electrons. The summed E-state index contributed by atoms with van der Waals surface area (Å²) in [4.78, 5) is 25.2. The minimum Gasteiger partial charge on any atom is -0.462 e. The fraction of sp³-hybridized carbons (Fsp3) is 0.789. The molecule has 0 aliphatic carbocycles. The number of carbonyl (C=O) groups is 2. The Hall–Kier alpha value is -1.44. The Morgan fingerprint density at radius 2 is 1.62 bits per heavy atom. The second-order valence-electron chi connectivity index (χ2n) is 8.35. The average Bonchev–Trinajstić information content (AvgIpc) is 2.53. The maximum absolute atomic E-state index is 12.4. The van der Waals surface area contributed by atoms with Gasteiger partial charge < -0.3 is 14.4 Å². The Morgan fingerprint density at radius 3 is 2.12 bits per heavy atom. The van der Waals surface area contributed by atoms with Crippen molar-refractivity contribution in [1.82, 2.24) is 9.96 Å². The lowest BCUT2D eigenvalue weighted by atomic mass is 9.78. The van der Waals surface area contributed by atoms with Gasteiger partial charge in [0, 0.05) is 29.2 Å². The van der Waals surface area contributed by atoms with Crippen LogP contribution in [0.3, 0.4) is 0 Å². The summed E-state index contributed by atoms with van der Waals surface area (Å²) in [5.74, 6) is -0.821. The molecule has 7 nitrogen and oxygen atoms in total. The van der Waals surface area contributed by atoms with E-state index in [2.05, 4.69) is 11.5 Å². The summed E-state index contributed by atoms with van der Waals surface area (Å²) in [6, 6.07) is 0.231. The highest BCUT2D eigenvalue weighted by Gasteiger charge is 2.46. The van der Waals surface area contributed by atoms with Gasteiger partial charge in [0.15, 0.2) is 0 Å². The molecule has 0 unspecified atom stereocenters. The molecule has 0 aromatic rings. The highest BCUT2D eigenvalue weighted by Crippen LogP contribution is 2.38. The van der Waals surface area contributed by atoms with Gasteiger partial charge in [-0.3, -0.25) is 4.79 Å². The number of carbonyl (C=O) groups excluding carboxylic acids is 2. The van der Waals surface area contributed by atoms with Crippen molar-refractivity contribution < 1.29 is 24.3 Å². The zero-order valence-electron chi connectivity index (χ0n) is 17.0. The fourth-order valence-electron chi connectivity index (χ4n) is 3.46. The van der Waals surface area contributed by atoms with Crippen molar-refractivity contribution in [2.45, 2.75) is 71.0 Å². The summed E-state index contributed by atoms with van der Waals surface area (Å²) >= 11 is 0. The Bertz CT molecular complexity index is 512. The van der Waals surface area contributed by atoms with Crippen LogP contribution in [-0.2, 0) is 24.3 Å². The van der Waals surface area contributed by atoms with Crippen LogP contribution < -0.4 is 0 Å². The molecule has 1 rings (SSSR count). The molecule has 1 saturated heterocycles. The first-order valence-electron chi connectivity index (χ1n) is 9.03. The molecule has 0 atom stereocenters. The van der Waals surface area contributed by atoms with Crippen LogP contribution in [0.15, 0.2) is 12.2 Å². The third-order valence-electron chi connectivity index (χ3n) is 4.79. The first-order chi connectivity index (χ1) is 11.9. The summed E-state index contributed by atoms with van der Waals surface area (Å²) in [6.45, 7) is 13.5. The summed E-state index contributed by atoms with van der Waals surface area (Å²) in [5, 5.41) is 13.6. The van der Waals surface area contributed by atoms with Crippen LogP contribution in [0, 0.1) is 0 Å². The number of hydrogen-bond donors (Lipinski definition) is 0. The number of nitrogens with zero attached hydrogens (tertiary/aromatic N) is 2. The van der Waals surface area contributed by atoms with Crippen molar-refractivity contribution in [3.05, 3.63) is 12.2 Å². The molecule has 0 spiro atoms. The predicted molar refractivity (Wildman–Crippen MR) is 97.7 cm³/mol. The lowest BCUT2D eigenvalue weighted by Crippen LogP contribution is -2.62. The van der Waals surface area contributed by atoms with E-state index in [1.165, 1.54) is 5.06 Å². The molecule has 0 aromatic carbocycles.